The first-order valence-corrected chi connectivity index (χ1v) is 8.21. The van der Waals surface area contributed by atoms with E-state index in [1.807, 2.05) is 6.92 Å². The maximum absolute atomic E-state index is 12.5. The van der Waals surface area contributed by atoms with Crippen molar-refractivity contribution in [3.05, 3.63) is 52.7 Å². The lowest BCUT2D eigenvalue weighted by atomic mass is 9.98. The van der Waals surface area contributed by atoms with E-state index in [0.717, 1.165) is 25.1 Å². The van der Waals surface area contributed by atoms with E-state index in [4.69, 9.17) is 11.6 Å². The second-order valence-corrected chi connectivity index (χ2v) is 6.39. The van der Waals surface area contributed by atoms with Crippen molar-refractivity contribution >= 4 is 29.0 Å². The fourth-order valence-electron chi connectivity index (χ4n) is 2.98. The number of amides is 1. The third-order valence-electron chi connectivity index (χ3n) is 4.22. The predicted molar refractivity (Wildman–Crippen MR) is 94.2 cm³/mol. The minimum atomic E-state index is -0.255. The lowest BCUT2D eigenvalue weighted by Crippen LogP contribution is -2.44. The number of nitrogens with one attached hydrogen (secondary N) is 1. The van der Waals surface area contributed by atoms with E-state index in [9.17, 15) is 4.79 Å². The molecule has 0 unspecified atom stereocenters. The fraction of sp³-hybridized carbons (Fsp3) is 0.333. The van der Waals surface area contributed by atoms with Gasteiger partial charge in [0.15, 0.2) is 0 Å². The number of pyridine rings is 1. The zero-order valence-electron chi connectivity index (χ0n) is 13.3. The molecule has 0 fully saturated rings. The number of nitrogens with zero attached hydrogens (tertiary/aromatic N) is 2. The first-order valence-electron chi connectivity index (χ1n) is 7.83. The Morgan fingerprint density at radius 3 is 2.91 bits per heavy atom. The molecule has 3 rings (SSSR count). The van der Waals surface area contributed by atoms with Crippen molar-refractivity contribution in [2.45, 2.75) is 32.7 Å². The van der Waals surface area contributed by atoms with Crippen LogP contribution in [0.3, 0.4) is 0 Å². The van der Waals surface area contributed by atoms with E-state index < -0.39 is 0 Å². The fourth-order valence-corrected chi connectivity index (χ4v) is 3.09. The number of halogens is 1. The monoisotopic (exact) mass is 329 g/mol. The normalized spacial score (nSPS) is 15.0. The Morgan fingerprint density at radius 1 is 1.35 bits per heavy atom. The quantitative estimate of drug-likeness (QED) is 0.931. The molecule has 0 bridgehead atoms. The number of hydrogen-bond donors (Lipinski definition) is 1. The molecule has 1 aliphatic heterocycles. The van der Waals surface area contributed by atoms with Crippen LogP contribution in [-0.4, -0.2) is 23.5 Å². The van der Waals surface area contributed by atoms with E-state index in [-0.39, 0.29) is 11.9 Å². The maximum atomic E-state index is 12.5. The summed E-state index contributed by atoms with van der Waals surface area (Å²) in [6.45, 7) is 4.92. The van der Waals surface area contributed by atoms with Gasteiger partial charge in [-0.3, -0.25) is 4.79 Å². The SMILES string of the molecule is Cc1ccc2c(c1)CCCN2[C@@H](C)C(=O)Nc1ccc(Cl)cn1. The third-order valence-corrected chi connectivity index (χ3v) is 4.44. The van der Waals surface area contributed by atoms with Gasteiger partial charge in [0, 0.05) is 18.4 Å². The molecular formula is C18H20ClN3O. The van der Waals surface area contributed by atoms with E-state index >= 15 is 0 Å². The van der Waals surface area contributed by atoms with Crippen LogP contribution in [0.25, 0.3) is 0 Å². The van der Waals surface area contributed by atoms with Crippen LogP contribution in [0, 0.1) is 6.92 Å². The number of hydrogen-bond acceptors (Lipinski definition) is 3. The highest BCUT2D eigenvalue weighted by molar-refractivity contribution is 6.30. The molecule has 4 nitrogen and oxygen atoms in total. The number of carbonyl (C=O) groups excluding carboxylic acids is 1. The molecule has 2 heterocycles. The van der Waals surface area contributed by atoms with E-state index in [2.05, 4.69) is 40.3 Å². The number of anilines is 2. The maximum Gasteiger partial charge on any atom is 0.247 e. The molecule has 1 aromatic carbocycles. The van der Waals surface area contributed by atoms with Gasteiger partial charge >= 0.3 is 0 Å². The van der Waals surface area contributed by atoms with Gasteiger partial charge in [0.05, 0.1) is 5.02 Å². The molecule has 0 aliphatic carbocycles. The highest BCUT2D eigenvalue weighted by atomic mass is 35.5. The number of aromatic nitrogens is 1. The van der Waals surface area contributed by atoms with Crippen molar-refractivity contribution in [2.75, 3.05) is 16.8 Å². The number of carbonyl (C=O) groups is 1. The summed E-state index contributed by atoms with van der Waals surface area (Å²) in [5, 5.41) is 3.41. The largest absolute Gasteiger partial charge is 0.360 e. The summed E-state index contributed by atoms with van der Waals surface area (Å²) in [6, 6.07) is 9.60. The molecule has 1 aromatic heterocycles. The van der Waals surface area contributed by atoms with Gasteiger partial charge in [-0.25, -0.2) is 4.98 Å². The smallest absolute Gasteiger partial charge is 0.247 e. The first-order chi connectivity index (χ1) is 11.0. The Morgan fingerprint density at radius 2 is 2.17 bits per heavy atom. The van der Waals surface area contributed by atoms with Crippen molar-refractivity contribution < 1.29 is 4.79 Å². The number of rotatable bonds is 3. The average Bonchev–Trinajstić information content (AvgIpc) is 2.55. The Balaban J connectivity index is 1.77. The Labute approximate surface area is 141 Å². The lowest BCUT2D eigenvalue weighted by Gasteiger charge is -2.35. The van der Waals surface area contributed by atoms with Crippen LogP contribution in [0.2, 0.25) is 5.02 Å². The van der Waals surface area contributed by atoms with Crippen LogP contribution in [0.5, 0.6) is 0 Å². The molecule has 5 heteroatoms. The zero-order chi connectivity index (χ0) is 16.4. The van der Waals surface area contributed by atoms with Gasteiger partial charge < -0.3 is 10.2 Å². The summed E-state index contributed by atoms with van der Waals surface area (Å²) in [5.41, 5.74) is 3.74. The predicted octanol–water partition coefficient (Wildman–Crippen LogP) is 3.82. The Bertz CT molecular complexity index is 715. The van der Waals surface area contributed by atoms with Gasteiger partial charge in [0.25, 0.3) is 0 Å². The van der Waals surface area contributed by atoms with Gasteiger partial charge in [-0.05, 0) is 50.5 Å². The van der Waals surface area contributed by atoms with Gasteiger partial charge in [-0.15, -0.1) is 0 Å². The molecule has 1 N–H and O–H groups in total. The molecular weight excluding hydrogens is 310 g/mol. The van der Waals surface area contributed by atoms with E-state index in [1.54, 1.807) is 12.1 Å². The Hall–Kier alpha value is -2.07. The average molecular weight is 330 g/mol. The van der Waals surface area contributed by atoms with E-state index in [0.29, 0.717) is 10.8 Å². The molecule has 0 spiro atoms. The molecule has 2 aromatic rings. The van der Waals surface area contributed by atoms with Crippen LogP contribution in [-0.2, 0) is 11.2 Å². The van der Waals surface area contributed by atoms with Crippen molar-refractivity contribution in [3.8, 4) is 0 Å². The number of fused-ring (bicyclic) bond motifs is 1. The summed E-state index contributed by atoms with van der Waals surface area (Å²) >= 11 is 5.82. The van der Waals surface area contributed by atoms with Crippen molar-refractivity contribution in [2.24, 2.45) is 0 Å². The first kappa shape index (κ1) is 15.8. The third kappa shape index (κ3) is 3.48. The summed E-state index contributed by atoms with van der Waals surface area (Å²) in [4.78, 5) is 18.8. The van der Waals surface area contributed by atoms with Crippen molar-refractivity contribution in [3.63, 3.8) is 0 Å². The summed E-state index contributed by atoms with van der Waals surface area (Å²) in [6.07, 6.45) is 3.66. The Kier molecular flexibility index (Phi) is 4.53. The van der Waals surface area contributed by atoms with Crippen LogP contribution in [0.4, 0.5) is 11.5 Å². The summed E-state index contributed by atoms with van der Waals surface area (Å²) < 4.78 is 0. The minimum Gasteiger partial charge on any atom is -0.360 e. The number of benzene rings is 1. The topological polar surface area (TPSA) is 45.2 Å². The molecule has 0 radical (unpaired) electrons. The van der Waals surface area contributed by atoms with Crippen LogP contribution in [0.1, 0.15) is 24.5 Å². The van der Waals surface area contributed by atoms with Crippen LogP contribution >= 0.6 is 11.6 Å². The standard InChI is InChI=1S/C18H20ClN3O/c1-12-5-7-16-14(10-12)4-3-9-22(16)13(2)18(23)21-17-8-6-15(19)11-20-17/h5-8,10-11,13H,3-4,9H2,1-2H3,(H,20,21,23)/t13-/m0/s1. The van der Waals surface area contributed by atoms with Gasteiger partial charge in [0.1, 0.15) is 11.9 Å². The molecule has 0 saturated carbocycles. The number of aryl methyl sites for hydroxylation is 2. The second kappa shape index (κ2) is 6.59. The van der Waals surface area contributed by atoms with Gasteiger partial charge in [0.2, 0.25) is 5.91 Å². The zero-order valence-corrected chi connectivity index (χ0v) is 14.1. The molecule has 23 heavy (non-hydrogen) atoms. The van der Waals surface area contributed by atoms with Gasteiger partial charge in [-0.1, -0.05) is 29.3 Å². The molecule has 1 aliphatic rings. The molecule has 1 amide bonds. The van der Waals surface area contributed by atoms with Crippen molar-refractivity contribution in [1.82, 2.24) is 4.98 Å². The highest BCUT2D eigenvalue weighted by Gasteiger charge is 2.26. The minimum absolute atomic E-state index is 0.0618. The van der Waals surface area contributed by atoms with Crippen LogP contribution in [0.15, 0.2) is 36.5 Å². The second-order valence-electron chi connectivity index (χ2n) is 5.96. The van der Waals surface area contributed by atoms with Gasteiger partial charge in [-0.2, -0.15) is 0 Å². The molecule has 120 valence electrons. The lowest BCUT2D eigenvalue weighted by molar-refractivity contribution is -0.117. The van der Waals surface area contributed by atoms with Crippen LogP contribution < -0.4 is 10.2 Å². The highest BCUT2D eigenvalue weighted by Crippen LogP contribution is 2.29. The van der Waals surface area contributed by atoms with E-state index in [1.165, 1.54) is 17.3 Å². The summed E-state index contributed by atoms with van der Waals surface area (Å²) in [5.74, 6) is 0.459. The summed E-state index contributed by atoms with van der Waals surface area (Å²) in [7, 11) is 0. The molecule has 1 atom stereocenters. The molecule has 0 saturated heterocycles. The van der Waals surface area contributed by atoms with Crippen molar-refractivity contribution in [1.29, 1.82) is 0 Å².